The standard InChI is InChI=1S/C9H21N2/c1-4-7-10-8-5-6-9-11(2)3/h10H,1,4-9H2,2-3H3. The van der Waals surface area contributed by atoms with Crippen molar-refractivity contribution in [3.63, 3.8) is 0 Å². The van der Waals surface area contributed by atoms with Crippen LogP contribution in [0, 0.1) is 6.92 Å². The van der Waals surface area contributed by atoms with Gasteiger partial charge in [0.25, 0.3) is 0 Å². The van der Waals surface area contributed by atoms with E-state index >= 15 is 0 Å². The lowest BCUT2D eigenvalue weighted by Gasteiger charge is -2.08. The Balaban J connectivity index is 2.80. The van der Waals surface area contributed by atoms with Crippen molar-refractivity contribution in [3.05, 3.63) is 6.92 Å². The second-order valence-electron chi connectivity index (χ2n) is 3.11. The quantitative estimate of drug-likeness (QED) is 0.558. The summed E-state index contributed by atoms with van der Waals surface area (Å²) in [6.07, 6.45) is 3.56. The molecule has 0 atom stereocenters. The molecule has 0 saturated carbocycles. The topological polar surface area (TPSA) is 15.3 Å². The monoisotopic (exact) mass is 157 g/mol. The van der Waals surface area contributed by atoms with Crippen molar-refractivity contribution in [3.8, 4) is 0 Å². The lowest BCUT2D eigenvalue weighted by atomic mass is 10.3. The van der Waals surface area contributed by atoms with Gasteiger partial charge in [-0.2, -0.15) is 0 Å². The maximum absolute atomic E-state index is 3.76. The number of hydrogen-bond acceptors (Lipinski definition) is 2. The summed E-state index contributed by atoms with van der Waals surface area (Å²) in [5, 5.41) is 3.33. The SMILES string of the molecule is [CH2]CCNCCCCN(C)C. The van der Waals surface area contributed by atoms with Gasteiger partial charge in [-0.15, -0.1) is 0 Å². The Morgan fingerprint density at radius 3 is 2.45 bits per heavy atom. The van der Waals surface area contributed by atoms with E-state index in [1.165, 1.54) is 19.4 Å². The van der Waals surface area contributed by atoms with E-state index in [0.29, 0.717) is 0 Å². The van der Waals surface area contributed by atoms with Crippen molar-refractivity contribution in [1.82, 2.24) is 10.2 Å². The van der Waals surface area contributed by atoms with Crippen molar-refractivity contribution < 1.29 is 0 Å². The predicted octanol–water partition coefficient (Wildman–Crippen LogP) is 1.14. The van der Waals surface area contributed by atoms with Gasteiger partial charge in [-0.05, 0) is 53.0 Å². The molecule has 0 bridgehead atoms. The van der Waals surface area contributed by atoms with Crippen LogP contribution in [0.3, 0.4) is 0 Å². The fourth-order valence-corrected chi connectivity index (χ4v) is 0.928. The van der Waals surface area contributed by atoms with Crippen molar-refractivity contribution in [2.75, 3.05) is 33.7 Å². The smallest absolute Gasteiger partial charge is 0.00244 e. The highest BCUT2D eigenvalue weighted by atomic mass is 15.0. The van der Waals surface area contributed by atoms with Crippen LogP contribution in [0.15, 0.2) is 0 Å². The van der Waals surface area contributed by atoms with E-state index in [-0.39, 0.29) is 0 Å². The molecule has 0 heterocycles. The highest BCUT2D eigenvalue weighted by Crippen LogP contribution is 1.88. The van der Waals surface area contributed by atoms with Crippen LogP contribution < -0.4 is 5.32 Å². The van der Waals surface area contributed by atoms with Crippen molar-refractivity contribution in [1.29, 1.82) is 0 Å². The van der Waals surface area contributed by atoms with E-state index in [9.17, 15) is 0 Å². The van der Waals surface area contributed by atoms with Crippen molar-refractivity contribution >= 4 is 0 Å². The van der Waals surface area contributed by atoms with Gasteiger partial charge in [0, 0.05) is 0 Å². The molecule has 0 rings (SSSR count). The molecule has 0 aromatic carbocycles. The number of nitrogens with zero attached hydrogens (tertiary/aromatic N) is 1. The fraction of sp³-hybridized carbons (Fsp3) is 0.889. The van der Waals surface area contributed by atoms with Crippen molar-refractivity contribution in [2.45, 2.75) is 19.3 Å². The number of unbranched alkanes of at least 4 members (excludes halogenated alkanes) is 1. The van der Waals surface area contributed by atoms with Crippen LogP contribution >= 0.6 is 0 Å². The number of nitrogens with one attached hydrogen (secondary N) is 1. The lowest BCUT2D eigenvalue weighted by Crippen LogP contribution is -2.18. The first-order chi connectivity index (χ1) is 5.27. The molecule has 1 N–H and O–H groups in total. The van der Waals surface area contributed by atoms with Crippen LogP contribution in [-0.2, 0) is 0 Å². The first kappa shape index (κ1) is 10.9. The summed E-state index contributed by atoms with van der Waals surface area (Å²) in [6, 6.07) is 0. The largest absolute Gasteiger partial charge is 0.317 e. The second-order valence-corrected chi connectivity index (χ2v) is 3.11. The minimum absolute atomic E-state index is 0.994. The third-order valence-corrected chi connectivity index (χ3v) is 1.56. The molecule has 2 nitrogen and oxygen atoms in total. The summed E-state index contributed by atoms with van der Waals surface area (Å²) in [4.78, 5) is 2.22. The molecule has 0 aromatic heterocycles. The van der Waals surface area contributed by atoms with Crippen LogP contribution in [-0.4, -0.2) is 38.6 Å². The molecule has 0 unspecified atom stereocenters. The Labute approximate surface area is 71.0 Å². The molecule has 0 aliphatic carbocycles. The third kappa shape index (κ3) is 9.92. The molecule has 67 valence electrons. The van der Waals surface area contributed by atoms with Gasteiger partial charge in [-0.25, -0.2) is 0 Å². The third-order valence-electron chi connectivity index (χ3n) is 1.56. The highest BCUT2D eigenvalue weighted by molar-refractivity contribution is 4.51. The molecular weight excluding hydrogens is 136 g/mol. The van der Waals surface area contributed by atoms with Crippen LogP contribution in [0.4, 0.5) is 0 Å². The normalized spacial score (nSPS) is 10.9. The zero-order valence-corrected chi connectivity index (χ0v) is 7.90. The summed E-state index contributed by atoms with van der Waals surface area (Å²) >= 11 is 0. The summed E-state index contributed by atoms with van der Waals surface area (Å²) in [6.45, 7) is 7.16. The first-order valence-electron chi connectivity index (χ1n) is 4.42. The summed E-state index contributed by atoms with van der Waals surface area (Å²) in [7, 11) is 4.23. The average Bonchev–Trinajstić information content (AvgIpc) is 1.96. The molecule has 0 aliphatic heterocycles. The molecule has 0 fully saturated rings. The maximum Gasteiger partial charge on any atom is -0.00244 e. The van der Waals surface area contributed by atoms with Gasteiger partial charge in [0.2, 0.25) is 0 Å². The van der Waals surface area contributed by atoms with Gasteiger partial charge >= 0.3 is 0 Å². The minimum atomic E-state index is 0.994. The average molecular weight is 157 g/mol. The van der Waals surface area contributed by atoms with Gasteiger partial charge < -0.3 is 10.2 Å². The Kier molecular flexibility index (Phi) is 7.96. The lowest BCUT2D eigenvalue weighted by molar-refractivity contribution is 0.392. The van der Waals surface area contributed by atoms with Crippen LogP contribution in [0.2, 0.25) is 0 Å². The zero-order valence-electron chi connectivity index (χ0n) is 7.90. The van der Waals surface area contributed by atoms with Gasteiger partial charge in [-0.3, -0.25) is 0 Å². The molecule has 0 saturated heterocycles. The molecular formula is C9H21N2. The zero-order chi connectivity index (χ0) is 8.53. The van der Waals surface area contributed by atoms with Gasteiger partial charge in [0.05, 0.1) is 0 Å². The molecule has 2 heteroatoms. The Bertz CT molecular complexity index is 72.0. The molecule has 0 aliphatic rings. The van der Waals surface area contributed by atoms with Crippen LogP contribution in [0.25, 0.3) is 0 Å². The molecule has 0 amide bonds. The van der Waals surface area contributed by atoms with E-state index in [1.54, 1.807) is 0 Å². The Hall–Kier alpha value is -0.0800. The van der Waals surface area contributed by atoms with Gasteiger partial charge in [0.1, 0.15) is 0 Å². The minimum Gasteiger partial charge on any atom is -0.317 e. The maximum atomic E-state index is 3.76. The summed E-state index contributed by atoms with van der Waals surface area (Å²) in [5.41, 5.74) is 0. The molecule has 0 spiro atoms. The summed E-state index contributed by atoms with van der Waals surface area (Å²) < 4.78 is 0. The van der Waals surface area contributed by atoms with Gasteiger partial charge in [0.15, 0.2) is 0 Å². The van der Waals surface area contributed by atoms with Crippen molar-refractivity contribution in [2.24, 2.45) is 0 Å². The van der Waals surface area contributed by atoms with Gasteiger partial charge in [-0.1, -0.05) is 6.92 Å². The summed E-state index contributed by atoms with van der Waals surface area (Å²) in [5.74, 6) is 0. The second kappa shape index (κ2) is 8.02. The Morgan fingerprint density at radius 2 is 1.91 bits per heavy atom. The number of hydrogen-bond donors (Lipinski definition) is 1. The Morgan fingerprint density at radius 1 is 1.18 bits per heavy atom. The number of rotatable bonds is 7. The molecule has 11 heavy (non-hydrogen) atoms. The van der Waals surface area contributed by atoms with E-state index in [1.807, 2.05) is 0 Å². The first-order valence-corrected chi connectivity index (χ1v) is 4.42. The van der Waals surface area contributed by atoms with E-state index in [4.69, 9.17) is 0 Å². The highest BCUT2D eigenvalue weighted by Gasteiger charge is 1.89. The fourth-order valence-electron chi connectivity index (χ4n) is 0.928. The van der Waals surface area contributed by atoms with Crippen LogP contribution in [0.5, 0.6) is 0 Å². The molecule has 0 aromatic rings. The van der Waals surface area contributed by atoms with Crippen LogP contribution in [0.1, 0.15) is 19.3 Å². The molecule has 1 radical (unpaired) electrons. The van der Waals surface area contributed by atoms with E-state index < -0.39 is 0 Å². The van der Waals surface area contributed by atoms with E-state index in [2.05, 4.69) is 31.2 Å². The van der Waals surface area contributed by atoms with E-state index in [0.717, 1.165) is 19.5 Å². The predicted molar refractivity (Wildman–Crippen MR) is 50.6 cm³/mol.